The molecule has 0 heterocycles. The fraction of sp³-hybridized carbons (Fsp3) is 0.767. The zero-order chi connectivity index (χ0) is 88.0. The van der Waals surface area contributed by atoms with Gasteiger partial charge in [0.15, 0.2) is 0 Å². The van der Waals surface area contributed by atoms with Gasteiger partial charge in [-0.15, -0.1) is 6.58 Å². The van der Waals surface area contributed by atoms with Gasteiger partial charge in [0.05, 0.1) is 130 Å². The smallest absolute Gasteiger partial charge is 0.407 e. The summed E-state index contributed by atoms with van der Waals surface area (Å²) in [6.45, 7) is 50.4. The van der Waals surface area contributed by atoms with E-state index in [4.69, 9.17) is 66.3 Å². The normalized spacial score (nSPS) is 11.0. The molecule has 28 nitrogen and oxygen atoms in total. The van der Waals surface area contributed by atoms with Gasteiger partial charge in [0.2, 0.25) is 0 Å². The largest absolute Gasteiger partial charge is 0.502 e. The number of nitrogens with one attached hydrogen (secondary N) is 7. The van der Waals surface area contributed by atoms with E-state index in [0.717, 1.165) is 135 Å². The average Bonchev–Trinajstić information content (AvgIpc) is 0.910. The number of hydrogen-bond acceptors (Lipinski definition) is 21. The van der Waals surface area contributed by atoms with Gasteiger partial charge in [0.25, 0.3) is 0 Å². The molecule has 0 radical (unpaired) electrons. The van der Waals surface area contributed by atoms with Gasteiger partial charge in [-0.2, -0.15) is 0 Å². The molecule has 2 atom stereocenters. The van der Waals surface area contributed by atoms with Crippen molar-refractivity contribution in [3.63, 3.8) is 0 Å². The Hall–Kier alpha value is -8.17. The van der Waals surface area contributed by atoms with E-state index in [1.165, 1.54) is 134 Å². The van der Waals surface area contributed by atoms with Crippen molar-refractivity contribution in [3.8, 4) is 0 Å². The highest BCUT2D eigenvalue weighted by atomic mass is 16.6. The molecule has 28 heteroatoms. The van der Waals surface area contributed by atoms with E-state index in [2.05, 4.69) is 132 Å². The van der Waals surface area contributed by atoms with Gasteiger partial charge >= 0.3 is 42.7 Å². The third-order valence-corrected chi connectivity index (χ3v) is 17.8. The molecular weight excluding hydrogens is 1520 g/mol. The summed E-state index contributed by atoms with van der Waals surface area (Å²) in [5, 5.41) is 19.4. The van der Waals surface area contributed by atoms with Crippen LogP contribution in [0.5, 0.6) is 0 Å². The number of alkyl carbamates (subject to hydrolysis) is 7. The molecule has 0 saturated carbocycles. The van der Waals surface area contributed by atoms with Crippen molar-refractivity contribution >= 4 is 42.7 Å². The van der Waals surface area contributed by atoms with Gasteiger partial charge in [-0.25, -0.2) is 33.6 Å². The summed E-state index contributed by atoms with van der Waals surface area (Å²) in [7, 11) is 0. The topological polar surface area (TPSA) is 333 Å². The van der Waals surface area contributed by atoms with Crippen LogP contribution >= 0.6 is 0 Å². The molecule has 0 spiro atoms. The maximum atomic E-state index is 11.8. The SMILES string of the molecule is C=CCOCCOC(=O)NCCCCCCCCCCCCCCCCCC.C=COCCCCOC(=O)NCCC(C)(C)CC(C)CNC(=O)OCCCCOC=C.C=COCCCCOC(=O)NCCC(C)CC(C)(C)CNC(=O)OCCCCOC=C.C=COCCCCOC(=O)NCCCCCCNC(=O)OCCCCOC=C. The molecule has 0 aliphatic rings. The summed E-state index contributed by atoms with van der Waals surface area (Å²) in [6.07, 6.45) is 45.8. The van der Waals surface area contributed by atoms with Gasteiger partial charge in [0.1, 0.15) is 6.61 Å². The average molecular weight is 1680 g/mol. The summed E-state index contributed by atoms with van der Waals surface area (Å²) in [4.78, 5) is 81.3. The minimum atomic E-state index is -0.397. The molecule has 0 aromatic heterocycles. The molecule has 118 heavy (non-hydrogen) atoms. The molecule has 0 aliphatic carbocycles. The number of carbonyl (C=O) groups is 7. The Morgan fingerprint density at radius 3 is 0.864 bits per heavy atom. The van der Waals surface area contributed by atoms with Gasteiger partial charge in [-0.3, -0.25) is 0 Å². The second-order valence-electron chi connectivity index (χ2n) is 30.4. The monoisotopic (exact) mass is 1680 g/mol. The predicted octanol–water partition coefficient (Wildman–Crippen LogP) is 20.6. The van der Waals surface area contributed by atoms with Crippen LogP contribution in [0.1, 0.15) is 280 Å². The lowest BCUT2D eigenvalue weighted by Crippen LogP contribution is -2.36. The molecular formula is C90H167N7O21. The van der Waals surface area contributed by atoms with Crippen LogP contribution in [0, 0.1) is 22.7 Å². The Balaban J connectivity index is -0.000000735. The molecule has 0 saturated heterocycles. The first-order valence-electron chi connectivity index (χ1n) is 44.0. The van der Waals surface area contributed by atoms with Crippen LogP contribution in [0.25, 0.3) is 0 Å². The van der Waals surface area contributed by atoms with Crippen LogP contribution < -0.4 is 37.2 Å². The lowest BCUT2D eigenvalue weighted by atomic mass is 9.80. The highest BCUT2D eigenvalue weighted by molar-refractivity contribution is 5.69. The number of amides is 7. The number of rotatable bonds is 79. The molecule has 7 amide bonds. The van der Waals surface area contributed by atoms with Crippen LogP contribution in [0.2, 0.25) is 0 Å². The molecule has 688 valence electrons. The summed E-state index contributed by atoms with van der Waals surface area (Å²) < 4.78 is 70.8. The minimum absolute atomic E-state index is 0.0193. The molecule has 2 unspecified atom stereocenters. The summed E-state index contributed by atoms with van der Waals surface area (Å²) in [5.74, 6) is 0.669. The van der Waals surface area contributed by atoms with Crippen LogP contribution in [0.15, 0.2) is 89.7 Å². The van der Waals surface area contributed by atoms with Gasteiger partial charge in [0, 0.05) is 45.8 Å². The minimum Gasteiger partial charge on any atom is -0.502 e. The highest BCUT2D eigenvalue weighted by Crippen LogP contribution is 2.29. The molecule has 0 rings (SSSR count). The molecule has 0 aromatic rings. The molecule has 0 aromatic carbocycles. The van der Waals surface area contributed by atoms with E-state index in [1.54, 1.807) is 6.08 Å². The number of ether oxygens (including phenoxy) is 14. The molecule has 0 fully saturated rings. The third-order valence-electron chi connectivity index (χ3n) is 17.8. The molecule has 0 aliphatic heterocycles. The standard InChI is InChI=1S/C24H47NO3.2C23H42N2O6.C20H36N2O6/c1-3-5-6-7-8-9-10-11-12-13-14-15-16-17-18-19-20-25-24(26)28-23-22-27-21-4-2;1-6-28-14-8-10-16-30-21(26)24-13-12-23(4,5)18-20(3)19-25-22(27)31-17-11-9-15-29-7-2;1-6-28-14-8-10-16-30-21(26)24-13-12-20(3)18-23(4,5)19-25-22(27)31-17-11-9-15-29-7-2;1-3-25-15-9-11-17-27-19(23)21-13-7-5-6-8-14-22-20(24)28-18-12-10-16-26-4-2/h4H,2-3,5-23H2,1H3,(H,25,26);2*6-7,20H,1-2,8-19H2,3-5H3,(H,24,26)(H,25,27);3-4H,1-2,5-18H2,(H,21,23)(H,22,24). The van der Waals surface area contributed by atoms with E-state index >= 15 is 0 Å². The lowest BCUT2D eigenvalue weighted by Gasteiger charge is -2.28. The fourth-order valence-corrected chi connectivity index (χ4v) is 11.5. The van der Waals surface area contributed by atoms with Crippen molar-refractivity contribution in [2.45, 2.75) is 280 Å². The summed E-state index contributed by atoms with van der Waals surface area (Å²) >= 11 is 0. The van der Waals surface area contributed by atoms with E-state index in [-0.39, 0.29) is 35.0 Å². The summed E-state index contributed by atoms with van der Waals surface area (Å²) in [6, 6.07) is 0. The fourth-order valence-electron chi connectivity index (χ4n) is 11.5. The van der Waals surface area contributed by atoms with Crippen molar-refractivity contribution in [2.75, 3.05) is 145 Å². The highest BCUT2D eigenvalue weighted by Gasteiger charge is 2.24. The number of hydrogen-bond donors (Lipinski definition) is 7. The second kappa shape index (κ2) is 92.7. The first kappa shape index (κ1) is 116. The Bertz CT molecular complexity index is 2370. The van der Waals surface area contributed by atoms with Crippen molar-refractivity contribution in [2.24, 2.45) is 22.7 Å². The predicted molar refractivity (Wildman–Crippen MR) is 471 cm³/mol. The van der Waals surface area contributed by atoms with Gasteiger partial charge in [-0.05, 0) is 145 Å². The van der Waals surface area contributed by atoms with Gasteiger partial charge in [-0.1, -0.05) is 203 Å². The first-order chi connectivity index (χ1) is 57.1. The lowest BCUT2D eigenvalue weighted by molar-refractivity contribution is 0.0853. The zero-order valence-corrected chi connectivity index (χ0v) is 74.7. The van der Waals surface area contributed by atoms with Crippen molar-refractivity contribution in [1.29, 1.82) is 0 Å². The Morgan fingerprint density at radius 1 is 0.288 bits per heavy atom. The Labute approximate surface area is 713 Å². The van der Waals surface area contributed by atoms with Crippen LogP contribution in [0.3, 0.4) is 0 Å². The van der Waals surface area contributed by atoms with E-state index in [0.29, 0.717) is 151 Å². The number of carbonyl (C=O) groups excluding carboxylic acids is 7. The molecule has 7 N–H and O–H groups in total. The van der Waals surface area contributed by atoms with Crippen LogP contribution in [-0.4, -0.2) is 188 Å². The maximum absolute atomic E-state index is 11.8. The van der Waals surface area contributed by atoms with E-state index in [9.17, 15) is 33.6 Å². The third kappa shape index (κ3) is 100. The maximum Gasteiger partial charge on any atom is 0.407 e. The summed E-state index contributed by atoms with van der Waals surface area (Å²) in [5.41, 5.74) is -0.0598. The quantitative estimate of drug-likeness (QED) is 0.0129. The van der Waals surface area contributed by atoms with Crippen LogP contribution in [-0.2, 0) is 66.3 Å². The first-order valence-corrected chi connectivity index (χ1v) is 44.0. The van der Waals surface area contributed by atoms with Crippen molar-refractivity contribution in [1.82, 2.24) is 37.2 Å². The second-order valence-corrected chi connectivity index (χ2v) is 30.4. The van der Waals surface area contributed by atoms with Crippen molar-refractivity contribution in [3.05, 3.63) is 89.7 Å². The van der Waals surface area contributed by atoms with E-state index < -0.39 is 24.4 Å². The van der Waals surface area contributed by atoms with E-state index in [1.807, 2.05) is 0 Å². The Morgan fingerprint density at radius 2 is 0.551 bits per heavy atom. The van der Waals surface area contributed by atoms with Crippen LogP contribution in [0.4, 0.5) is 33.6 Å². The van der Waals surface area contributed by atoms with Gasteiger partial charge < -0.3 is 104 Å². The number of unbranched alkanes of at least 4 members (excludes halogenated alkanes) is 24. The zero-order valence-electron chi connectivity index (χ0n) is 74.7. The molecule has 0 bridgehead atoms. The van der Waals surface area contributed by atoms with Crippen molar-refractivity contribution < 1.29 is 99.9 Å². The Kier molecular flexibility index (Phi) is 91.3.